The molecule has 0 radical (unpaired) electrons. The van der Waals surface area contributed by atoms with Crippen LogP contribution < -0.4 is 5.32 Å². The molecule has 4 rings (SSSR count). The molecule has 190 valence electrons. The molecule has 0 saturated heterocycles. The third kappa shape index (κ3) is 5.80. The van der Waals surface area contributed by atoms with Crippen LogP contribution in [-0.4, -0.2) is 38.0 Å². The number of amides is 1. The van der Waals surface area contributed by atoms with Gasteiger partial charge in [-0.15, -0.1) is 0 Å². The molecule has 1 aliphatic rings. The average Bonchev–Trinajstić information content (AvgIpc) is 3.33. The number of carbonyl (C=O) groups excluding carboxylic acids is 2. The van der Waals surface area contributed by atoms with Crippen molar-refractivity contribution in [2.24, 2.45) is 5.92 Å². The van der Waals surface area contributed by atoms with Crippen molar-refractivity contribution in [3.8, 4) is 5.69 Å². The van der Waals surface area contributed by atoms with E-state index in [0.717, 1.165) is 34.4 Å². The normalized spacial score (nSPS) is 15.6. The number of ketones is 1. The van der Waals surface area contributed by atoms with Gasteiger partial charge >= 0.3 is 6.18 Å². The summed E-state index contributed by atoms with van der Waals surface area (Å²) in [6.45, 7) is 4.16. The highest BCUT2D eigenvalue weighted by molar-refractivity contribution is 5.95. The van der Waals surface area contributed by atoms with Crippen LogP contribution in [0.3, 0.4) is 0 Å². The van der Waals surface area contributed by atoms with Gasteiger partial charge in [-0.2, -0.15) is 18.3 Å². The van der Waals surface area contributed by atoms with Gasteiger partial charge in [-0.3, -0.25) is 9.59 Å². The van der Waals surface area contributed by atoms with Crippen molar-refractivity contribution in [3.05, 3.63) is 71.1 Å². The quantitative estimate of drug-likeness (QED) is 0.454. The maximum atomic E-state index is 13.5. The maximum absolute atomic E-state index is 13.5. The number of carbonyl (C=O) groups is 2. The van der Waals surface area contributed by atoms with Crippen molar-refractivity contribution in [2.45, 2.75) is 58.0 Å². The fourth-order valence-corrected chi connectivity index (χ4v) is 4.30. The first-order chi connectivity index (χ1) is 17.1. The fourth-order valence-electron chi connectivity index (χ4n) is 4.30. The minimum atomic E-state index is -4.78. The van der Waals surface area contributed by atoms with Gasteiger partial charge in [0.05, 0.1) is 11.3 Å². The third-order valence-electron chi connectivity index (χ3n) is 6.27. The molecule has 0 spiro atoms. The van der Waals surface area contributed by atoms with E-state index in [0.29, 0.717) is 24.9 Å². The molecule has 1 N–H and O–H groups in total. The Morgan fingerprint density at radius 3 is 2.64 bits per heavy atom. The number of para-hydroxylation sites is 1. The number of fused-ring (bicyclic) bond motifs is 1. The van der Waals surface area contributed by atoms with Crippen molar-refractivity contribution in [1.29, 1.82) is 0 Å². The van der Waals surface area contributed by atoms with Gasteiger partial charge in [0.25, 0.3) is 5.91 Å². The first-order valence-corrected chi connectivity index (χ1v) is 12.0. The summed E-state index contributed by atoms with van der Waals surface area (Å²) >= 11 is 0. The van der Waals surface area contributed by atoms with E-state index in [2.05, 4.69) is 20.4 Å². The molecule has 10 heteroatoms. The molecular weight excluding hydrogens is 471 g/mol. The number of alkyl halides is 3. The minimum Gasteiger partial charge on any atom is -0.352 e. The van der Waals surface area contributed by atoms with Crippen molar-refractivity contribution >= 4 is 11.7 Å². The van der Waals surface area contributed by atoms with Gasteiger partial charge in [0.1, 0.15) is 11.6 Å². The molecule has 0 bridgehead atoms. The number of Topliss-reactive ketones (excluding diaryl/α,β-unsaturated/α-hetero) is 1. The molecule has 1 atom stereocenters. The number of rotatable bonds is 8. The number of aromatic nitrogens is 4. The van der Waals surface area contributed by atoms with Gasteiger partial charge in [0.2, 0.25) is 0 Å². The fraction of sp³-hybridized carbons (Fsp3) is 0.423. The Bertz CT molecular complexity index is 1240. The first kappa shape index (κ1) is 25.5. The van der Waals surface area contributed by atoms with Gasteiger partial charge < -0.3 is 5.32 Å². The number of benzene rings is 1. The van der Waals surface area contributed by atoms with Gasteiger partial charge in [-0.25, -0.2) is 14.6 Å². The van der Waals surface area contributed by atoms with E-state index < -0.39 is 23.3 Å². The monoisotopic (exact) mass is 499 g/mol. The lowest BCUT2D eigenvalue weighted by Crippen LogP contribution is -2.28. The largest absolute Gasteiger partial charge is 0.435 e. The molecule has 36 heavy (non-hydrogen) atoms. The van der Waals surface area contributed by atoms with E-state index in [9.17, 15) is 22.8 Å². The number of nitrogens with zero attached hydrogens (tertiary/aromatic N) is 4. The van der Waals surface area contributed by atoms with E-state index in [-0.39, 0.29) is 30.6 Å². The lowest BCUT2D eigenvalue weighted by atomic mass is 9.83. The van der Waals surface area contributed by atoms with Crippen molar-refractivity contribution < 1.29 is 22.8 Å². The second-order valence-corrected chi connectivity index (χ2v) is 9.29. The number of hydrogen-bond acceptors (Lipinski definition) is 5. The van der Waals surface area contributed by atoms with Crippen molar-refractivity contribution in [2.75, 3.05) is 6.54 Å². The molecule has 1 aliphatic carbocycles. The van der Waals surface area contributed by atoms with Gasteiger partial charge in [-0.1, -0.05) is 32.0 Å². The van der Waals surface area contributed by atoms with Crippen LogP contribution in [0.2, 0.25) is 0 Å². The zero-order chi connectivity index (χ0) is 25.9. The SMILES string of the molecule is CC(C)c1ncc2c(n1)CCC(C(=O)CCCNC(=O)c1cn(-c3ccccc3)nc1C(F)(F)F)C2. The summed E-state index contributed by atoms with van der Waals surface area (Å²) in [6.07, 6.45) is 0.699. The minimum absolute atomic E-state index is 0.0794. The molecule has 2 heterocycles. The Morgan fingerprint density at radius 2 is 1.94 bits per heavy atom. The van der Waals surface area contributed by atoms with Crippen LogP contribution in [0.4, 0.5) is 13.2 Å². The topological polar surface area (TPSA) is 89.8 Å². The maximum Gasteiger partial charge on any atom is 0.435 e. The van der Waals surface area contributed by atoms with E-state index >= 15 is 0 Å². The Labute approximate surface area is 207 Å². The van der Waals surface area contributed by atoms with Crippen LogP contribution in [-0.2, 0) is 23.8 Å². The Hall–Kier alpha value is -3.56. The lowest BCUT2D eigenvalue weighted by Gasteiger charge is -2.23. The molecular formula is C26H28F3N5O2. The predicted octanol–water partition coefficient (Wildman–Crippen LogP) is 4.69. The Balaban J connectivity index is 1.32. The summed E-state index contributed by atoms with van der Waals surface area (Å²) in [5.74, 6) is 0.113. The standard InChI is InChI=1S/C26H28F3N5O2/c1-16(2)24-31-14-18-13-17(10-11-21(18)32-24)22(35)9-6-12-30-25(36)20-15-34(19-7-4-3-5-8-19)33-23(20)26(27,28)29/h3-5,7-8,14-17H,6,9-13H2,1-2H3,(H,30,36). The van der Waals surface area contributed by atoms with Crippen LogP contribution in [0.15, 0.2) is 42.7 Å². The molecule has 0 saturated carbocycles. The number of aryl methyl sites for hydroxylation is 1. The van der Waals surface area contributed by atoms with Crippen molar-refractivity contribution in [1.82, 2.24) is 25.1 Å². The zero-order valence-corrected chi connectivity index (χ0v) is 20.2. The average molecular weight is 500 g/mol. The summed E-state index contributed by atoms with van der Waals surface area (Å²) in [7, 11) is 0. The van der Waals surface area contributed by atoms with E-state index in [1.54, 1.807) is 30.3 Å². The Kier molecular flexibility index (Phi) is 7.51. The van der Waals surface area contributed by atoms with E-state index in [1.165, 1.54) is 0 Å². The molecule has 2 aromatic heterocycles. The molecule has 3 aromatic rings. The van der Waals surface area contributed by atoms with E-state index in [4.69, 9.17) is 0 Å². The second-order valence-electron chi connectivity index (χ2n) is 9.29. The second kappa shape index (κ2) is 10.6. The van der Waals surface area contributed by atoms with Gasteiger partial charge in [0, 0.05) is 42.9 Å². The van der Waals surface area contributed by atoms with Gasteiger partial charge in [-0.05, 0) is 43.4 Å². The van der Waals surface area contributed by atoms with Crippen LogP contribution in [0.1, 0.15) is 72.2 Å². The molecule has 1 amide bonds. The van der Waals surface area contributed by atoms with E-state index in [1.807, 2.05) is 20.0 Å². The summed E-state index contributed by atoms with van der Waals surface area (Å²) < 4.78 is 41.5. The number of nitrogens with one attached hydrogen (secondary N) is 1. The molecule has 0 aliphatic heterocycles. The van der Waals surface area contributed by atoms with Crippen molar-refractivity contribution in [3.63, 3.8) is 0 Å². The molecule has 7 nitrogen and oxygen atoms in total. The van der Waals surface area contributed by atoms with Crippen LogP contribution in [0, 0.1) is 5.92 Å². The van der Waals surface area contributed by atoms with Crippen LogP contribution >= 0.6 is 0 Å². The third-order valence-corrected chi connectivity index (χ3v) is 6.27. The highest BCUT2D eigenvalue weighted by Crippen LogP contribution is 2.31. The summed E-state index contributed by atoms with van der Waals surface area (Å²) in [4.78, 5) is 34.3. The lowest BCUT2D eigenvalue weighted by molar-refractivity contribution is -0.141. The summed E-state index contributed by atoms with van der Waals surface area (Å²) in [5.41, 5.74) is 0.604. The van der Waals surface area contributed by atoms with Crippen LogP contribution in [0.25, 0.3) is 5.69 Å². The summed E-state index contributed by atoms with van der Waals surface area (Å²) in [6, 6.07) is 8.26. The zero-order valence-electron chi connectivity index (χ0n) is 20.2. The Morgan fingerprint density at radius 1 is 1.19 bits per heavy atom. The van der Waals surface area contributed by atoms with Crippen LogP contribution in [0.5, 0.6) is 0 Å². The number of halogens is 3. The predicted molar refractivity (Wildman–Crippen MR) is 127 cm³/mol. The molecule has 0 fully saturated rings. The van der Waals surface area contributed by atoms with Gasteiger partial charge in [0.15, 0.2) is 5.69 Å². The molecule has 1 aromatic carbocycles. The first-order valence-electron chi connectivity index (χ1n) is 12.0. The summed E-state index contributed by atoms with van der Waals surface area (Å²) in [5, 5.41) is 6.09. The highest BCUT2D eigenvalue weighted by atomic mass is 19.4. The number of hydrogen-bond donors (Lipinski definition) is 1. The highest BCUT2D eigenvalue weighted by Gasteiger charge is 2.39. The smallest absolute Gasteiger partial charge is 0.352 e. The molecule has 1 unspecified atom stereocenters.